The molecule has 0 aromatic heterocycles. The number of halogens is 1. The minimum atomic E-state index is -0.382. The van der Waals surface area contributed by atoms with E-state index in [9.17, 15) is 14.0 Å². The molecule has 2 aromatic carbocycles. The first-order valence-electron chi connectivity index (χ1n) is 10.6. The fourth-order valence-corrected chi connectivity index (χ4v) is 3.71. The number of anilines is 2. The maximum absolute atomic E-state index is 14.4. The molecule has 0 aliphatic carbocycles. The number of ether oxygens (including phenoxy) is 1. The van der Waals surface area contributed by atoms with Crippen molar-refractivity contribution in [3.63, 3.8) is 0 Å². The van der Waals surface area contributed by atoms with Crippen molar-refractivity contribution in [3.05, 3.63) is 59.9 Å². The van der Waals surface area contributed by atoms with Crippen LogP contribution in [-0.4, -0.2) is 38.1 Å². The number of rotatable bonds is 5. The smallest absolute Gasteiger partial charge is 0.414 e. The van der Waals surface area contributed by atoms with E-state index in [0.717, 1.165) is 44.2 Å². The molecule has 6 heteroatoms. The van der Waals surface area contributed by atoms with Crippen LogP contribution in [0.2, 0.25) is 0 Å². The third-order valence-corrected chi connectivity index (χ3v) is 5.43. The van der Waals surface area contributed by atoms with E-state index in [1.54, 1.807) is 6.07 Å². The summed E-state index contributed by atoms with van der Waals surface area (Å²) in [6.07, 6.45) is 5.17. The van der Waals surface area contributed by atoms with Crippen LogP contribution in [0.15, 0.2) is 48.5 Å². The van der Waals surface area contributed by atoms with Crippen LogP contribution in [0.5, 0.6) is 0 Å². The predicted molar refractivity (Wildman–Crippen MR) is 117 cm³/mol. The molecule has 2 aliphatic heterocycles. The van der Waals surface area contributed by atoms with E-state index in [-0.39, 0.29) is 18.0 Å². The van der Waals surface area contributed by atoms with Crippen LogP contribution in [0.25, 0.3) is 0 Å². The molecule has 0 N–H and O–H groups in total. The van der Waals surface area contributed by atoms with Crippen LogP contribution in [0.4, 0.5) is 20.6 Å². The Balaban J connectivity index is 0.000000239. The third-order valence-electron chi connectivity index (χ3n) is 5.43. The number of carbonyl (C=O) groups excluding carboxylic acids is 2. The molecule has 2 aromatic rings. The summed E-state index contributed by atoms with van der Waals surface area (Å²) in [5.41, 5.74) is 2.29. The highest BCUT2D eigenvalue weighted by atomic mass is 19.1. The van der Waals surface area contributed by atoms with Gasteiger partial charge in [-0.1, -0.05) is 37.3 Å². The summed E-state index contributed by atoms with van der Waals surface area (Å²) >= 11 is 0. The van der Waals surface area contributed by atoms with Crippen LogP contribution in [0.3, 0.4) is 0 Å². The molecular weight excluding hydrogens is 383 g/mol. The highest BCUT2D eigenvalue weighted by molar-refractivity contribution is 5.90. The maximum Gasteiger partial charge on any atom is 0.414 e. The number of hydrogen-bond acceptors (Lipinski definition) is 4. The van der Waals surface area contributed by atoms with Crippen molar-refractivity contribution in [1.29, 1.82) is 0 Å². The number of benzene rings is 2. The summed E-state index contributed by atoms with van der Waals surface area (Å²) in [7, 11) is 0. The number of amides is 1. The topological polar surface area (TPSA) is 49.9 Å². The Morgan fingerprint density at radius 1 is 1.10 bits per heavy atom. The van der Waals surface area contributed by atoms with Gasteiger partial charge in [0.2, 0.25) is 0 Å². The zero-order valence-corrected chi connectivity index (χ0v) is 17.4. The Morgan fingerprint density at radius 2 is 1.83 bits per heavy atom. The number of cyclic esters (lactones) is 1. The van der Waals surface area contributed by atoms with Gasteiger partial charge in [-0.15, -0.1) is 0 Å². The summed E-state index contributed by atoms with van der Waals surface area (Å²) < 4.78 is 19.6. The number of carbonyl (C=O) groups is 2. The molecule has 160 valence electrons. The van der Waals surface area contributed by atoms with E-state index in [0.29, 0.717) is 24.3 Å². The average Bonchev–Trinajstić information content (AvgIpc) is 3.16. The van der Waals surface area contributed by atoms with E-state index in [2.05, 4.69) is 4.90 Å². The van der Waals surface area contributed by atoms with Gasteiger partial charge in [-0.25, -0.2) is 9.18 Å². The van der Waals surface area contributed by atoms with E-state index in [4.69, 9.17) is 4.74 Å². The second kappa shape index (κ2) is 10.8. The van der Waals surface area contributed by atoms with Crippen molar-refractivity contribution in [2.24, 2.45) is 0 Å². The lowest BCUT2D eigenvalue weighted by atomic mass is 10.1. The quantitative estimate of drug-likeness (QED) is 0.650. The van der Waals surface area contributed by atoms with Crippen molar-refractivity contribution >= 4 is 23.8 Å². The van der Waals surface area contributed by atoms with Crippen LogP contribution in [0, 0.1) is 5.82 Å². The lowest BCUT2D eigenvalue weighted by molar-refractivity contribution is -0.107. The highest BCUT2D eigenvalue weighted by Crippen LogP contribution is 2.29. The van der Waals surface area contributed by atoms with Crippen LogP contribution in [0.1, 0.15) is 38.2 Å². The summed E-state index contributed by atoms with van der Waals surface area (Å²) in [6, 6.07) is 14.7. The number of nitrogens with zero attached hydrogens (tertiary/aromatic N) is 2. The average molecular weight is 413 g/mol. The Bertz CT molecular complexity index is 838. The van der Waals surface area contributed by atoms with Gasteiger partial charge >= 0.3 is 6.09 Å². The number of aldehydes is 1. The highest BCUT2D eigenvalue weighted by Gasteiger charge is 2.31. The Morgan fingerprint density at radius 3 is 2.43 bits per heavy atom. The second-order valence-electron chi connectivity index (χ2n) is 7.56. The number of hydrogen-bond donors (Lipinski definition) is 0. The molecule has 2 aliphatic rings. The molecule has 5 nitrogen and oxygen atoms in total. The first-order chi connectivity index (χ1) is 14.6. The summed E-state index contributed by atoms with van der Waals surface area (Å²) in [6.45, 7) is 4.28. The van der Waals surface area contributed by atoms with Gasteiger partial charge in [-0.3, -0.25) is 4.90 Å². The first kappa shape index (κ1) is 21.8. The van der Waals surface area contributed by atoms with Crippen LogP contribution in [-0.2, 0) is 16.0 Å². The monoisotopic (exact) mass is 412 g/mol. The van der Waals surface area contributed by atoms with Gasteiger partial charge in [0.1, 0.15) is 18.2 Å². The minimum Gasteiger partial charge on any atom is -0.444 e. The van der Waals surface area contributed by atoms with Crippen molar-refractivity contribution in [2.75, 3.05) is 29.4 Å². The van der Waals surface area contributed by atoms with Gasteiger partial charge in [-0.2, -0.15) is 0 Å². The fourth-order valence-electron chi connectivity index (χ4n) is 3.71. The molecule has 1 amide bonds. The summed E-state index contributed by atoms with van der Waals surface area (Å²) in [4.78, 5) is 25.4. The standard InChI is InChI=1S/C16H21FN2O2.C8H8O/c1-2-13-11-19(16(20)21-13)12-6-7-15(14(17)10-12)18-8-4-3-5-9-18;9-7-6-8-4-2-1-3-5-8/h6-7,10,13H,2-5,8-9,11H2,1H3;1-5,7H,6H2/t13-;/m0./s1. The van der Waals surface area contributed by atoms with E-state index in [1.807, 2.05) is 43.3 Å². The lowest BCUT2D eigenvalue weighted by Crippen LogP contribution is -2.30. The normalized spacial score (nSPS) is 18.5. The van der Waals surface area contributed by atoms with Gasteiger partial charge < -0.3 is 14.4 Å². The number of piperidine rings is 1. The largest absolute Gasteiger partial charge is 0.444 e. The maximum atomic E-state index is 14.4. The summed E-state index contributed by atoms with van der Waals surface area (Å²) in [5, 5.41) is 0. The van der Waals surface area contributed by atoms with E-state index in [1.165, 1.54) is 17.4 Å². The molecule has 0 bridgehead atoms. The lowest BCUT2D eigenvalue weighted by Gasteiger charge is -2.29. The molecule has 30 heavy (non-hydrogen) atoms. The molecule has 2 saturated heterocycles. The molecule has 0 spiro atoms. The molecule has 0 unspecified atom stereocenters. The SMILES string of the molecule is CC[C@H]1CN(c2ccc(N3CCCCC3)c(F)c2)C(=O)O1.O=CCc1ccccc1. The fraction of sp³-hybridized carbons (Fsp3) is 0.417. The van der Waals surface area contributed by atoms with Gasteiger partial charge in [0, 0.05) is 19.5 Å². The van der Waals surface area contributed by atoms with Crippen molar-refractivity contribution in [3.8, 4) is 0 Å². The Kier molecular flexibility index (Phi) is 7.82. The van der Waals surface area contributed by atoms with Gasteiger partial charge in [0.05, 0.1) is 17.9 Å². The minimum absolute atomic E-state index is 0.0951. The second-order valence-corrected chi connectivity index (χ2v) is 7.56. The molecule has 0 radical (unpaired) electrons. The van der Waals surface area contributed by atoms with Crippen LogP contribution < -0.4 is 9.80 Å². The van der Waals surface area contributed by atoms with Gasteiger partial charge in [0.25, 0.3) is 0 Å². The van der Waals surface area contributed by atoms with E-state index >= 15 is 0 Å². The predicted octanol–water partition coefficient (Wildman–Crippen LogP) is 4.98. The molecule has 4 rings (SSSR count). The molecular formula is C24H29FN2O3. The molecule has 2 heterocycles. The molecule has 2 fully saturated rings. The zero-order chi connectivity index (χ0) is 21.3. The van der Waals surface area contributed by atoms with Crippen molar-refractivity contribution in [2.45, 2.75) is 45.1 Å². The summed E-state index contributed by atoms with van der Waals surface area (Å²) in [5.74, 6) is -0.262. The molecule has 0 saturated carbocycles. The van der Waals surface area contributed by atoms with Crippen molar-refractivity contribution in [1.82, 2.24) is 0 Å². The Hall–Kier alpha value is -2.89. The van der Waals surface area contributed by atoms with Gasteiger partial charge in [0.15, 0.2) is 0 Å². The molecule has 1 atom stereocenters. The Labute approximate surface area is 177 Å². The zero-order valence-electron chi connectivity index (χ0n) is 17.4. The van der Waals surface area contributed by atoms with Gasteiger partial charge in [-0.05, 0) is 49.4 Å². The first-order valence-corrected chi connectivity index (χ1v) is 10.6. The van der Waals surface area contributed by atoms with E-state index < -0.39 is 0 Å². The van der Waals surface area contributed by atoms with Crippen LogP contribution >= 0.6 is 0 Å². The third kappa shape index (κ3) is 5.59. The van der Waals surface area contributed by atoms with Crippen molar-refractivity contribution < 1.29 is 18.7 Å².